The third kappa shape index (κ3) is 3.36. The Kier molecular flexibility index (Phi) is 4.82. The molecule has 3 aromatic rings. The van der Waals surface area contributed by atoms with Crippen LogP contribution in [0.1, 0.15) is 20.7 Å². The zero-order valence-corrected chi connectivity index (χ0v) is 17.6. The molecule has 0 spiro atoms. The van der Waals surface area contributed by atoms with Gasteiger partial charge in [0, 0.05) is 38.3 Å². The molecule has 0 bridgehead atoms. The first kappa shape index (κ1) is 20.1. The van der Waals surface area contributed by atoms with Crippen molar-refractivity contribution in [3.05, 3.63) is 63.7 Å². The van der Waals surface area contributed by atoms with Gasteiger partial charge in [-0.05, 0) is 18.2 Å². The molecule has 3 amide bonds. The second kappa shape index (κ2) is 7.68. The maximum Gasteiger partial charge on any atom is 0.270 e. The van der Waals surface area contributed by atoms with Crippen LogP contribution in [0.25, 0.3) is 10.2 Å². The van der Waals surface area contributed by atoms with Crippen LogP contribution < -0.4 is 4.90 Å². The lowest BCUT2D eigenvalue weighted by Gasteiger charge is -2.35. The molecule has 10 nitrogen and oxygen atoms in total. The largest absolute Gasteiger partial charge is 0.345 e. The number of nitrogens with zero attached hydrogens (tertiary/aromatic N) is 5. The molecule has 0 N–H and O–H groups in total. The standard InChI is InChI=1S/C21H17N5O5S/c27-18(12-25-19(28)14-3-1-2-4-15(14)20(25)29)23-7-9-24(10-8-23)21-22-16-6-5-13(26(30)31)11-17(16)32-21/h1-6,11H,7-10,12H2. The van der Waals surface area contributed by atoms with Gasteiger partial charge >= 0.3 is 0 Å². The maximum atomic E-state index is 12.8. The summed E-state index contributed by atoms with van der Waals surface area (Å²) in [5.74, 6) is -1.17. The summed E-state index contributed by atoms with van der Waals surface area (Å²) in [6.07, 6.45) is 0. The number of benzene rings is 2. The van der Waals surface area contributed by atoms with Gasteiger partial charge in [0.1, 0.15) is 6.54 Å². The van der Waals surface area contributed by atoms with Gasteiger partial charge in [-0.2, -0.15) is 0 Å². The van der Waals surface area contributed by atoms with Gasteiger partial charge < -0.3 is 9.80 Å². The predicted molar refractivity (Wildman–Crippen MR) is 117 cm³/mol. The van der Waals surface area contributed by atoms with Crippen molar-refractivity contribution in [3.8, 4) is 0 Å². The number of piperazine rings is 1. The fraction of sp³-hybridized carbons (Fsp3) is 0.238. The molecule has 2 aliphatic rings. The molecule has 0 atom stereocenters. The van der Waals surface area contributed by atoms with Gasteiger partial charge in [-0.25, -0.2) is 4.98 Å². The molecule has 0 saturated carbocycles. The van der Waals surface area contributed by atoms with Crippen molar-refractivity contribution in [2.45, 2.75) is 0 Å². The summed E-state index contributed by atoms with van der Waals surface area (Å²) in [6.45, 7) is 1.65. The Labute approximate surface area is 185 Å². The highest BCUT2D eigenvalue weighted by Gasteiger charge is 2.37. The maximum absolute atomic E-state index is 12.8. The minimum Gasteiger partial charge on any atom is -0.345 e. The van der Waals surface area contributed by atoms with E-state index in [1.54, 1.807) is 35.2 Å². The second-order valence-electron chi connectivity index (χ2n) is 7.52. The highest BCUT2D eigenvalue weighted by molar-refractivity contribution is 7.22. The number of nitro groups is 1. The Morgan fingerprint density at radius 1 is 1.03 bits per heavy atom. The van der Waals surface area contributed by atoms with Crippen LogP contribution in [0.3, 0.4) is 0 Å². The van der Waals surface area contributed by atoms with E-state index in [2.05, 4.69) is 4.98 Å². The van der Waals surface area contributed by atoms with Gasteiger partial charge in [0.25, 0.3) is 17.5 Å². The second-order valence-corrected chi connectivity index (χ2v) is 8.52. The van der Waals surface area contributed by atoms with Crippen LogP contribution in [-0.2, 0) is 4.79 Å². The summed E-state index contributed by atoms with van der Waals surface area (Å²) in [6, 6.07) is 11.1. The SMILES string of the molecule is O=C(CN1C(=O)c2ccccc2C1=O)N1CCN(c2nc3ccc([N+](=O)[O-])cc3s2)CC1. The highest BCUT2D eigenvalue weighted by Crippen LogP contribution is 2.32. The zero-order valence-electron chi connectivity index (χ0n) is 16.8. The van der Waals surface area contributed by atoms with Crippen molar-refractivity contribution >= 4 is 50.1 Å². The van der Waals surface area contributed by atoms with E-state index in [4.69, 9.17) is 0 Å². The van der Waals surface area contributed by atoms with Crippen molar-refractivity contribution in [1.82, 2.24) is 14.8 Å². The molecule has 0 radical (unpaired) electrons. The van der Waals surface area contributed by atoms with Gasteiger partial charge in [-0.15, -0.1) is 0 Å². The topological polar surface area (TPSA) is 117 Å². The zero-order chi connectivity index (χ0) is 22.4. The first-order valence-electron chi connectivity index (χ1n) is 9.95. The molecule has 1 fully saturated rings. The molecule has 0 unspecified atom stereocenters. The van der Waals surface area contributed by atoms with E-state index < -0.39 is 16.7 Å². The van der Waals surface area contributed by atoms with Crippen LogP contribution in [0.5, 0.6) is 0 Å². The van der Waals surface area contributed by atoms with Gasteiger partial charge in [0.15, 0.2) is 5.13 Å². The van der Waals surface area contributed by atoms with Crippen LogP contribution in [0.4, 0.5) is 10.8 Å². The van der Waals surface area contributed by atoms with Crippen molar-refractivity contribution in [3.63, 3.8) is 0 Å². The Morgan fingerprint density at radius 3 is 2.31 bits per heavy atom. The summed E-state index contributed by atoms with van der Waals surface area (Å²) >= 11 is 1.37. The number of nitro benzene ring substituents is 1. The average Bonchev–Trinajstić information content (AvgIpc) is 3.34. The number of anilines is 1. The molecular formula is C21H17N5O5S. The third-order valence-corrected chi connectivity index (χ3v) is 6.72. The number of hydrogen-bond acceptors (Lipinski definition) is 8. The van der Waals surface area contributed by atoms with Gasteiger partial charge in [0.2, 0.25) is 5.91 Å². The molecule has 0 aliphatic carbocycles. The lowest BCUT2D eigenvalue weighted by molar-refractivity contribution is -0.384. The number of aromatic nitrogens is 1. The normalized spacial score (nSPS) is 16.1. The van der Waals surface area contributed by atoms with Crippen molar-refractivity contribution < 1.29 is 19.3 Å². The van der Waals surface area contributed by atoms with E-state index in [0.717, 1.165) is 14.7 Å². The quantitative estimate of drug-likeness (QED) is 0.339. The fourth-order valence-corrected chi connectivity index (χ4v) is 4.97. The fourth-order valence-electron chi connectivity index (χ4n) is 3.92. The van der Waals surface area contributed by atoms with E-state index >= 15 is 0 Å². The predicted octanol–water partition coefficient (Wildman–Crippen LogP) is 2.15. The molecule has 11 heteroatoms. The lowest BCUT2D eigenvalue weighted by Crippen LogP contribution is -2.51. The highest BCUT2D eigenvalue weighted by atomic mass is 32.1. The Bertz CT molecular complexity index is 1250. The molecule has 2 aromatic carbocycles. The van der Waals surface area contributed by atoms with Crippen LogP contribution in [0.2, 0.25) is 0 Å². The lowest BCUT2D eigenvalue weighted by atomic mass is 10.1. The molecule has 32 heavy (non-hydrogen) atoms. The first-order chi connectivity index (χ1) is 15.4. The number of hydrogen-bond donors (Lipinski definition) is 0. The van der Waals surface area contributed by atoms with Crippen LogP contribution >= 0.6 is 11.3 Å². The van der Waals surface area contributed by atoms with Crippen molar-refractivity contribution in [2.24, 2.45) is 0 Å². The number of carbonyl (C=O) groups excluding carboxylic acids is 3. The van der Waals surface area contributed by atoms with Gasteiger partial charge in [-0.3, -0.25) is 29.4 Å². The summed E-state index contributed by atoms with van der Waals surface area (Å²) in [5.41, 5.74) is 1.37. The smallest absolute Gasteiger partial charge is 0.270 e. The van der Waals surface area contributed by atoms with E-state index in [1.165, 1.54) is 23.5 Å². The molecule has 3 heterocycles. The summed E-state index contributed by atoms with van der Waals surface area (Å²) in [7, 11) is 0. The van der Waals surface area contributed by atoms with Gasteiger partial charge in [-0.1, -0.05) is 23.5 Å². The number of carbonyl (C=O) groups is 3. The number of imide groups is 1. The van der Waals surface area contributed by atoms with Gasteiger partial charge in [0.05, 0.1) is 26.3 Å². The monoisotopic (exact) mass is 451 g/mol. The van der Waals surface area contributed by atoms with Crippen LogP contribution in [-0.4, -0.2) is 70.2 Å². The van der Waals surface area contributed by atoms with E-state index in [0.29, 0.717) is 42.8 Å². The number of rotatable bonds is 4. The average molecular weight is 451 g/mol. The molecule has 162 valence electrons. The minimum atomic E-state index is -0.443. The molecule has 1 aromatic heterocycles. The third-order valence-electron chi connectivity index (χ3n) is 5.65. The number of fused-ring (bicyclic) bond motifs is 2. The Morgan fingerprint density at radius 2 is 1.69 bits per heavy atom. The van der Waals surface area contributed by atoms with E-state index in [9.17, 15) is 24.5 Å². The summed E-state index contributed by atoms with van der Waals surface area (Å²) in [4.78, 5) is 57.5. The van der Waals surface area contributed by atoms with Crippen molar-refractivity contribution in [1.29, 1.82) is 0 Å². The minimum absolute atomic E-state index is 0.0243. The van der Waals surface area contributed by atoms with Crippen LogP contribution in [0, 0.1) is 10.1 Å². The van der Waals surface area contributed by atoms with E-state index in [1.807, 2.05) is 4.90 Å². The van der Waals surface area contributed by atoms with Crippen molar-refractivity contribution in [2.75, 3.05) is 37.6 Å². The molecule has 1 saturated heterocycles. The van der Waals surface area contributed by atoms with Crippen LogP contribution in [0.15, 0.2) is 42.5 Å². The first-order valence-corrected chi connectivity index (χ1v) is 10.8. The summed E-state index contributed by atoms with van der Waals surface area (Å²) < 4.78 is 0.735. The number of thiazole rings is 1. The number of amides is 3. The Hall–Kier alpha value is -3.86. The van der Waals surface area contributed by atoms with E-state index in [-0.39, 0.29) is 18.1 Å². The summed E-state index contributed by atoms with van der Waals surface area (Å²) in [5, 5.41) is 11.7. The molecule has 2 aliphatic heterocycles. The Balaban J connectivity index is 1.23. The molecular weight excluding hydrogens is 434 g/mol. The number of non-ortho nitro benzene ring substituents is 1. The molecule has 5 rings (SSSR count).